The monoisotopic (exact) mass is 260 g/mol. The van der Waals surface area contributed by atoms with Gasteiger partial charge in [0.15, 0.2) is 0 Å². The van der Waals surface area contributed by atoms with E-state index in [9.17, 15) is 5.11 Å². The summed E-state index contributed by atoms with van der Waals surface area (Å²) in [4.78, 5) is 0. The van der Waals surface area contributed by atoms with Gasteiger partial charge in [-0.2, -0.15) is 0 Å². The molecule has 1 aliphatic rings. The highest BCUT2D eigenvalue weighted by atomic mass is 79.9. The molecule has 1 N–H and O–H groups in total. The van der Waals surface area contributed by atoms with E-state index < -0.39 is 6.10 Å². The molecule has 1 aliphatic carbocycles. The molecule has 0 bridgehead atoms. The third-order valence-electron chi connectivity index (χ3n) is 2.61. The lowest BCUT2D eigenvalue weighted by Crippen LogP contribution is -2.01. The molecule has 1 nitrogen and oxygen atoms in total. The van der Waals surface area contributed by atoms with Crippen molar-refractivity contribution in [3.05, 3.63) is 32.8 Å². The Hall–Kier alpha value is -0.0500. The van der Waals surface area contributed by atoms with E-state index in [1.54, 1.807) is 0 Å². The molecule has 0 aliphatic heterocycles. The minimum absolute atomic E-state index is 0.270. The summed E-state index contributed by atoms with van der Waals surface area (Å²) in [5.41, 5.74) is 2.07. The van der Waals surface area contributed by atoms with E-state index in [4.69, 9.17) is 11.6 Å². The summed E-state index contributed by atoms with van der Waals surface area (Å²) in [6.07, 6.45) is 0.498. The van der Waals surface area contributed by atoms with Crippen LogP contribution in [0.25, 0.3) is 0 Å². The molecule has 1 aromatic rings. The summed E-state index contributed by atoms with van der Waals surface area (Å²) in [5.74, 6) is 0.270. The molecule has 2 atom stereocenters. The van der Waals surface area contributed by atoms with Crippen LogP contribution in [0, 0.1) is 5.92 Å². The smallest absolute Gasteiger partial charge is 0.0836 e. The second-order valence-corrected chi connectivity index (χ2v) is 4.81. The molecule has 0 fully saturated rings. The van der Waals surface area contributed by atoms with Crippen molar-refractivity contribution in [3.63, 3.8) is 0 Å². The fourth-order valence-electron chi connectivity index (χ4n) is 1.85. The maximum absolute atomic E-state index is 9.85. The maximum Gasteiger partial charge on any atom is 0.0836 e. The van der Waals surface area contributed by atoms with Gasteiger partial charge in [-0.1, -0.05) is 34.5 Å². The Bertz CT molecular complexity index is 351. The quantitative estimate of drug-likeness (QED) is 0.759. The van der Waals surface area contributed by atoms with Crippen LogP contribution in [0.4, 0.5) is 0 Å². The Morgan fingerprint density at radius 1 is 1.54 bits per heavy atom. The fraction of sp³-hybridized carbons (Fsp3) is 0.400. The van der Waals surface area contributed by atoms with E-state index in [-0.39, 0.29) is 5.92 Å². The topological polar surface area (TPSA) is 20.2 Å². The van der Waals surface area contributed by atoms with Crippen molar-refractivity contribution < 1.29 is 5.11 Å². The van der Waals surface area contributed by atoms with Gasteiger partial charge in [0, 0.05) is 15.1 Å². The molecule has 0 aromatic heterocycles. The standard InChI is InChI=1S/C10H10BrClO/c1-5-4-6-7(11)2-3-8(12)9(6)10(5)13/h2-3,5,10,13H,4H2,1H3. The predicted molar refractivity (Wildman–Crippen MR) is 57.0 cm³/mol. The number of hydrogen-bond acceptors (Lipinski definition) is 1. The molecule has 1 aromatic carbocycles. The second-order valence-electron chi connectivity index (χ2n) is 3.55. The maximum atomic E-state index is 9.85. The van der Waals surface area contributed by atoms with Gasteiger partial charge in [-0.25, -0.2) is 0 Å². The summed E-state index contributed by atoms with van der Waals surface area (Å²) < 4.78 is 1.05. The summed E-state index contributed by atoms with van der Waals surface area (Å²) >= 11 is 9.49. The Labute approximate surface area is 90.9 Å². The number of aliphatic hydroxyl groups is 1. The highest BCUT2D eigenvalue weighted by molar-refractivity contribution is 9.10. The van der Waals surface area contributed by atoms with Gasteiger partial charge in [0.25, 0.3) is 0 Å². The Morgan fingerprint density at radius 2 is 2.23 bits per heavy atom. The number of benzene rings is 1. The van der Waals surface area contributed by atoms with Crippen molar-refractivity contribution >= 4 is 27.5 Å². The summed E-state index contributed by atoms with van der Waals surface area (Å²) in [6, 6.07) is 3.76. The van der Waals surface area contributed by atoms with Crippen LogP contribution in [-0.2, 0) is 6.42 Å². The zero-order valence-electron chi connectivity index (χ0n) is 7.22. The van der Waals surface area contributed by atoms with Gasteiger partial charge in [-0.15, -0.1) is 0 Å². The lowest BCUT2D eigenvalue weighted by Gasteiger charge is -2.09. The van der Waals surface area contributed by atoms with Crippen LogP contribution >= 0.6 is 27.5 Å². The zero-order valence-corrected chi connectivity index (χ0v) is 9.56. The van der Waals surface area contributed by atoms with Crippen LogP contribution in [-0.4, -0.2) is 5.11 Å². The highest BCUT2D eigenvalue weighted by Crippen LogP contribution is 2.42. The number of halogens is 2. The zero-order chi connectivity index (χ0) is 9.59. The van der Waals surface area contributed by atoms with Crippen LogP contribution in [0.15, 0.2) is 16.6 Å². The first-order valence-corrected chi connectivity index (χ1v) is 5.43. The number of aliphatic hydroxyl groups excluding tert-OH is 1. The molecule has 70 valence electrons. The molecule has 0 heterocycles. The van der Waals surface area contributed by atoms with E-state index in [1.807, 2.05) is 19.1 Å². The SMILES string of the molecule is CC1Cc2c(Br)ccc(Cl)c2C1O. The van der Waals surface area contributed by atoms with Crippen molar-refractivity contribution in [3.8, 4) is 0 Å². The second kappa shape index (κ2) is 3.26. The Kier molecular flexibility index (Phi) is 2.39. The minimum atomic E-state index is -0.403. The number of hydrogen-bond donors (Lipinski definition) is 1. The molecular weight excluding hydrogens is 251 g/mol. The Morgan fingerprint density at radius 3 is 2.85 bits per heavy atom. The van der Waals surface area contributed by atoms with Gasteiger partial charge in [0.1, 0.15) is 0 Å². The molecular formula is C10H10BrClO. The predicted octanol–water partition coefficient (Wildman–Crippen LogP) is 3.33. The molecule has 13 heavy (non-hydrogen) atoms. The highest BCUT2D eigenvalue weighted by Gasteiger charge is 2.30. The summed E-state index contributed by atoms with van der Waals surface area (Å²) in [7, 11) is 0. The Balaban J connectivity index is 2.61. The molecule has 0 radical (unpaired) electrons. The van der Waals surface area contributed by atoms with Crippen molar-refractivity contribution in [1.82, 2.24) is 0 Å². The molecule has 2 rings (SSSR count). The van der Waals surface area contributed by atoms with Gasteiger partial charge in [-0.05, 0) is 30.0 Å². The van der Waals surface area contributed by atoms with Gasteiger partial charge in [0.2, 0.25) is 0 Å². The first-order chi connectivity index (χ1) is 6.11. The largest absolute Gasteiger partial charge is 0.388 e. The average Bonchev–Trinajstić information content (AvgIpc) is 2.38. The first-order valence-electron chi connectivity index (χ1n) is 4.26. The molecule has 0 saturated heterocycles. The van der Waals surface area contributed by atoms with Crippen molar-refractivity contribution in [2.45, 2.75) is 19.4 Å². The molecule has 0 saturated carbocycles. The van der Waals surface area contributed by atoms with E-state index in [0.29, 0.717) is 5.02 Å². The lowest BCUT2D eigenvalue weighted by atomic mass is 10.1. The average molecular weight is 262 g/mol. The van der Waals surface area contributed by atoms with Gasteiger partial charge < -0.3 is 5.11 Å². The van der Waals surface area contributed by atoms with Crippen LogP contribution in [0.2, 0.25) is 5.02 Å². The van der Waals surface area contributed by atoms with Gasteiger partial charge in [-0.3, -0.25) is 0 Å². The summed E-state index contributed by atoms with van der Waals surface area (Å²) in [5, 5.41) is 10.5. The number of fused-ring (bicyclic) bond motifs is 1. The molecule has 2 unspecified atom stereocenters. The third-order valence-corrected chi connectivity index (χ3v) is 3.68. The van der Waals surface area contributed by atoms with E-state index in [1.165, 1.54) is 0 Å². The van der Waals surface area contributed by atoms with Crippen molar-refractivity contribution in [1.29, 1.82) is 0 Å². The van der Waals surface area contributed by atoms with Crippen LogP contribution in [0.5, 0.6) is 0 Å². The third kappa shape index (κ3) is 1.41. The first kappa shape index (κ1) is 9.50. The number of rotatable bonds is 0. The van der Waals surface area contributed by atoms with Crippen molar-refractivity contribution in [2.24, 2.45) is 5.92 Å². The molecule has 0 spiro atoms. The van der Waals surface area contributed by atoms with Gasteiger partial charge in [0.05, 0.1) is 6.10 Å². The van der Waals surface area contributed by atoms with E-state index >= 15 is 0 Å². The van der Waals surface area contributed by atoms with E-state index in [2.05, 4.69) is 15.9 Å². The van der Waals surface area contributed by atoms with Crippen molar-refractivity contribution in [2.75, 3.05) is 0 Å². The van der Waals surface area contributed by atoms with Crippen LogP contribution in [0.3, 0.4) is 0 Å². The molecule has 3 heteroatoms. The van der Waals surface area contributed by atoms with Crippen LogP contribution in [0.1, 0.15) is 24.2 Å². The fourth-order valence-corrected chi connectivity index (χ4v) is 2.65. The van der Waals surface area contributed by atoms with Crippen LogP contribution < -0.4 is 0 Å². The van der Waals surface area contributed by atoms with E-state index in [0.717, 1.165) is 22.0 Å². The lowest BCUT2D eigenvalue weighted by molar-refractivity contribution is 0.133. The molecule has 0 amide bonds. The summed E-state index contributed by atoms with van der Waals surface area (Å²) in [6.45, 7) is 2.04. The minimum Gasteiger partial charge on any atom is -0.388 e. The van der Waals surface area contributed by atoms with Gasteiger partial charge >= 0.3 is 0 Å². The normalized spacial score (nSPS) is 26.2.